The van der Waals surface area contributed by atoms with E-state index in [0.29, 0.717) is 0 Å². The zero-order valence-corrected chi connectivity index (χ0v) is 19.4. The van der Waals surface area contributed by atoms with Gasteiger partial charge in [0.1, 0.15) is 0 Å². The van der Waals surface area contributed by atoms with Crippen LogP contribution in [0.15, 0.2) is 10.2 Å². The molecule has 0 spiro atoms. The standard InChI is InChI=1S/C9H16N.3C4H9.Sn/c1-3-8-4-6-9(10-2)7-5-8;3*1-3-4-2;/h1,3,8-10H,4-7H2,2H3;3*1,3-4H2,2H3;. The second kappa shape index (κ2) is 12.8. The molecule has 0 heterocycles. The Morgan fingerprint density at radius 2 is 1.30 bits per heavy atom. The van der Waals surface area contributed by atoms with Crippen molar-refractivity contribution in [3.63, 3.8) is 0 Å². The van der Waals surface area contributed by atoms with Crippen LogP contribution in [-0.4, -0.2) is 31.5 Å². The molecule has 0 aromatic carbocycles. The van der Waals surface area contributed by atoms with E-state index in [2.05, 4.69) is 43.3 Å². The minimum absolute atomic E-state index is 0.785. The van der Waals surface area contributed by atoms with Crippen molar-refractivity contribution < 1.29 is 0 Å². The molecule has 0 aliphatic heterocycles. The molecule has 0 radical (unpaired) electrons. The van der Waals surface area contributed by atoms with E-state index in [1.165, 1.54) is 64.2 Å². The zero-order chi connectivity index (χ0) is 17.0. The van der Waals surface area contributed by atoms with E-state index in [0.717, 1.165) is 12.0 Å². The molecule has 1 N–H and O–H groups in total. The summed E-state index contributed by atoms with van der Waals surface area (Å²) in [5.41, 5.74) is 0. The van der Waals surface area contributed by atoms with E-state index < -0.39 is 18.4 Å². The number of nitrogens with one attached hydrogen (secondary N) is 1. The van der Waals surface area contributed by atoms with Gasteiger partial charge in [0, 0.05) is 0 Å². The Labute approximate surface area is 151 Å². The van der Waals surface area contributed by atoms with Crippen LogP contribution in [0.2, 0.25) is 13.3 Å². The summed E-state index contributed by atoms with van der Waals surface area (Å²) >= 11 is -2.02. The third-order valence-electron chi connectivity index (χ3n) is 5.99. The Balaban J connectivity index is 2.69. The molecule has 136 valence electrons. The second-order valence-electron chi connectivity index (χ2n) is 7.93. The Morgan fingerprint density at radius 3 is 1.70 bits per heavy atom. The average Bonchev–Trinajstić information content (AvgIpc) is 2.61. The fraction of sp³-hybridized carbons (Fsp3) is 0.905. The summed E-state index contributed by atoms with van der Waals surface area (Å²) in [5.74, 6) is 0.889. The van der Waals surface area contributed by atoms with Crippen LogP contribution in [0.25, 0.3) is 0 Å². The van der Waals surface area contributed by atoms with E-state index in [1.54, 1.807) is 13.3 Å². The molecule has 23 heavy (non-hydrogen) atoms. The van der Waals surface area contributed by atoms with Gasteiger partial charge in [0.2, 0.25) is 0 Å². The van der Waals surface area contributed by atoms with Crippen LogP contribution in [0.4, 0.5) is 0 Å². The molecule has 0 aromatic rings. The fourth-order valence-corrected chi connectivity index (χ4v) is 18.7. The van der Waals surface area contributed by atoms with E-state index in [1.807, 2.05) is 0 Å². The number of hydrogen-bond acceptors (Lipinski definition) is 1. The molecule has 0 amide bonds. The summed E-state index contributed by atoms with van der Waals surface area (Å²) in [6.07, 6.45) is 16.9. The molecule has 0 saturated heterocycles. The first-order valence-corrected chi connectivity index (χ1v) is 18.3. The SMILES string of the molecule is CCC[CH2][Sn](/[CH]=C/C1CCC(NC)CC1)([CH2]CCC)[CH2]CCC. The van der Waals surface area contributed by atoms with Crippen LogP contribution in [0.3, 0.4) is 0 Å². The van der Waals surface area contributed by atoms with Crippen LogP contribution in [0, 0.1) is 5.92 Å². The molecule has 0 aromatic heterocycles. The van der Waals surface area contributed by atoms with E-state index in [4.69, 9.17) is 0 Å². The molecule has 1 aliphatic rings. The van der Waals surface area contributed by atoms with Crippen molar-refractivity contribution in [2.75, 3.05) is 7.05 Å². The Kier molecular flexibility index (Phi) is 12.0. The van der Waals surface area contributed by atoms with Crippen molar-refractivity contribution in [1.29, 1.82) is 0 Å². The van der Waals surface area contributed by atoms with Gasteiger partial charge < -0.3 is 0 Å². The van der Waals surface area contributed by atoms with Gasteiger partial charge in [-0.05, 0) is 0 Å². The first kappa shape index (κ1) is 21.5. The van der Waals surface area contributed by atoms with Crippen molar-refractivity contribution in [3.8, 4) is 0 Å². The fourth-order valence-electron chi connectivity index (χ4n) is 4.15. The van der Waals surface area contributed by atoms with E-state index in [9.17, 15) is 0 Å². The van der Waals surface area contributed by atoms with E-state index in [-0.39, 0.29) is 0 Å². The van der Waals surface area contributed by atoms with Crippen molar-refractivity contribution in [3.05, 3.63) is 10.2 Å². The summed E-state index contributed by atoms with van der Waals surface area (Å²) in [6.45, 7) is 7.12. The predicted molar refractivity (Wildman–Crippen MR) is 109 cm³/mol. The molecule has 0 unspecified atom stereocenters. The molecule has 0 bridgehead atoms. The molecule has 1 fully saturated rings. The zero-order valence-electron chi connectivity index (χ0n) is 16.5. The summed E-state index contributed by atoms with van der Waals surface area (Å²) in [7, 11) is 2.13. The maximum atomic E-state index is 3.47. The Bertz CT molecular complexity index is 283. The second-order valence-corrected chi connectivity index (χ2v) is 20.9. The Hall–Kier alpha value is 0.499. The van der Waals surface area contributed by atoms with Crippen molar-refractivity contribution in [2.24, 2.45) is 5.92 Å². The van der Waals surface area contributed by atoms with Crippen LogP contribution in [0.5, 0.6) is 0 Å². The maximum absolute atomic E-state index is 3.47. The van der Waals surface area contributed by atoms with Gasteiger partial charge in [0.05, 0.1) is 0 Å². The van der Waals surface area contributed by atoms with Gasteiger partial charge in [-0.1, -0.05) is 0 Å². The summed E-state index contributed by atoms with van der Waals surface area (Å²) in [5, 5.41) is 3.47. The number of allylic oxidation sites excluding steroid dienone is 1. The van der Waals surface area contributed by atoms with Crippen LogP contribution < -0.4 is 5.32 Å². The Morgan fingerprint density at radius 1 is 0.826 bits per heavy atom. The third-order valence-corrected chi connectivity index (χ3v) is 20.1. The van der Waals surface area contributed by atoms with Gasteiger partial charge in [-0.2, -0.15) is 0 Å². The molecule has 1 aliphatic carbocycles. The average molecular weight is 428 g/mol. The third kappa shape index (κ3) is 8.42. The van der Waals surface area contributed by atoms with Crippen LogP contribution in [-0.2, 0) is 0 Å². The number of unbranched alkanes of at least 4 members (excludes halogenated alkanes) is 3. The molecule has 1 saturated carbocycles. The summed E-state index contributed by atoms with van der Waals surface area (Å²) < 4.78 is 7.76. The first-order chi connectivity index (χ1) is 11.2. The van der Waals surface area contributed by atoms with Gasteiger partial charge in [-0.15, -0.1) is 0 Å². The van der Waals surface area contributed by atoms with Crippen LogP contribution in [0.1, 0.15) is 85.0 Å². The van der Waals surface area contributed by atoms with E-state index >= 15 is 0 Å². The van der Waals surface area contributed by atoms with Crippen molar-refractivity contribution >= 4 is 18.4 Å². The number of rotatable bonds is 12. The normalized spacial score (nSPS) is 22.8. The van der Waals surface area contributed by atoms with Gasteiger partial charge in [-0.25, -0.2) is 0 Å². The topological polar surface area (TPSA) is 12.0 Å². The van der Waals surface area contributed by atoms with Gasteiger partial charge in [0.15, 0.2) is 0 Å². The monoisotopic (exact) mass is 429 g/mol. The van der Waals surface area contributed by atoms with Crippen molar-refractivity contribution in [2.45, 2.75) is 104 Å². The molecular formula is C21H43NSn. The number of hydrogen-bond donors (Lipinski definition) is 1. The summed E-state index contributed by atoms with van der Waals surface area (Å²) in [4.78, 5) is 0. The predicted octanol–water partition coefficient (Wildman–Crippen LogP) is 6.71. The van der Waals surface area contributed by atoms with Gasteiger partial charge in [-0.3, -0.25) is 0 Å². The van der Waals surface area contributed by atoms with Crippen molar-refractivity contribution in [1.82, 2.24) is 5.32 Å². The minimum atomic E-state index is -2.02. The summed E-state index contributed by atoms with van der Waals surface area (Å²) in [6, 6.07) is 0.785. The molecule has 2 heteroatoms. The van der Waals surface area contributed by atoms with Gasteiger partial charge in [0.25, 0.3) is 0 Å². The van der Waals surface area contributed by atoms with Gasteiger partial charge >= 0.3 is 151 Å². The quantitative estimate of drug-likeness (QED) is 0.341. The first-order valence-electron chi connectivity index (χ1n) is 10.6. The molecule has 1 rings (SSSR count). The van der Waals surface area contributed by atoms with Crippen LogP contribution >= 0.6 is 0 Å². The molecule has 0 atom stereocenters. The molecule has 1 nitrogen and oxygen atoms in total. The molecular weight excluding hydrogens is 385 g/mol.